The SMILES string of the molecule is CCS(=O)(=O)c1ccc(CNC(=O)c2ccc(N3CC(c4ccc(C(F)(F)F)cc4)CC[C@H]3CN3CCCC3)cc2)cc1. The fourth-order valence-corrected chi connectivity index (χ4v) is 6.97. The first-order valence-electron chi connectivity index (χ1n) is 14.9. The number of carbonyl (C=O) groups excluding carboxylic acids is 1. The molecule has 3 aromatic carbocycles. The summed E-state index contributed by atoms with van der Waals surface area (Å²) in [6, 6.07) is 19.9. The fraction of sp³-hybridized carbons (Fsp3) is 0.424. The Morgan fingerprint density at radius 1 is 0.907 bits per heavy atom. The highest BCUT2D eigenvalue weighted by atomic mass is 32.2. The molecule has 0 aliphatic carbocycles. The minimum atomic E-state index is -4.35. The van der Waals surface area contributed by atoms with Crippen molar-refractivity contribution in [2.75, 3.05) is 36.8 Å². The van der Waals surface area contributed by atoms with Crippen LogP contribution >= 0.6 is 0 Å². The molecule has 1 amide bonds. The van der Waals surface area contributed by atoms with Crippen molar-refractivity contribution in [3.05, 3.63) is 95.1 Å². The number of nitrogens with zero attached hydrogens (tertiary/aromatic N) is 2. The lowest BCUT2D eigenvalue weighted by Gasteiger charge is -2.43. The number of alkyl halides is 3. The summed E-state index contributed by atoms with van der Waals surface area (Å²) in [5.41, 5.74) is 2.58. The van der Waals surface area contributed by atoms with Crippen LogP contribution in [0.4, 0.5) is 18.9 Å². The minimum absolute atomic E-state index is 0.0330. The van der Waals surface area contributed by atoms with Gasteiger partial charge >= 0.3 is 6.18 Å². The summed E-state index contributed by atoms with van der Waals surface area (Å²) in [5, 5.41) is 2.90. The topological polar surface area (TPSA) is 69.7 Å². The second kappa shape index (κ2) is 13.1. The molecule has 2 heterocycles. The number of carbonyl (C=O) groups is 1. The molecule has 0 aromatic heterocycles. The summed E-state index contributed by atoms with van der Waals surface area (Å²) >= 11 is 0. The number of nitrogens with one attached hydrogen (secondary N) is 1. The number of amides is 1. The predicted octanol–water partition coefficient (Wildman–Crippen LogP) is 6.28. The molecule has 0 radical (unpaired) electrons. The van der Waals surface area contributed by atoms with Crippen molar-refractivity contribution in [2.24, 2.45) is 0 Å². The molecular formula is C33H38F3N3O3S. The zero-order valence-corrected chi connectivity index (χ0v) is 25.1. The van der Waals surface area contributed by atoms with Gasteiger partial charge in [-0.15, -0.1) is 0 Å². The van der Waals surface area contributed by atoms with Gasteiger partial charge in [-0.05, 0) is 98.4 Å². The summed E-state index contributed by atoms with van der Waals surface area (Å²) in [5.74, 6) is -0.0870. The summed E-state index contributed by atoms with van der Waals surface area (Å²) < 4.78 is 63.4. The van der Waals surface area contributed by atoms with E-state index in [9.17, 15) is 26.4 Å². The molecule has 10 heteroatoms. The third-order valence-corrected chi connectivity index (χ3v) is 10.4. The highest BCUT2D eigenvalue weighted by molar-refractivity contribution is 7.91. The van der Waals surface area contributed by atoms with Crippen molar-refractivity contribution in [2.45, 2.75) is 62.2 Å². The monoisotopic (exact) mass is 613 g/mol. The zero-order valence-electron chi connectivity index (χ0n) is 24.3. The molecule has 6 nitrogen and oxygen atoms in total. The lowest BCUT2D eigenvalue weighted by atomic mass is 9.86. The van der Waals surface area contributed by atoms with E-state index in [-0.39, 0.29) is 35.1 Å². The van der Waals surface area contributed by atoms with Crippen molar-refractivity contribution in [1.29, 1.82) is 0 Å². The van der Waals surface area contributed by atoms with Crippen LogP contribution in [0.15, 0.2) is 77.7 Å². The van der Waals surface area contributed by atoms with E-state index in [0.29, 0.717) is 12.1 Å². The number of anilines is 1. The molecule has 2 atom stereocenters. The summed E-state index contributed by atoms with van der Waals surface area (Å²) in [6.45, 7) is 5.68. The standard InChI is InChI=1S/C33H38F3N3O3S/c1-2-43(41,42)31-17-5-24(6-18-31)21-37-32(40)26-9-14-29(15-10-26)39-22-27(11-16-30(39)23-38-19-3-4-20-38)25-7-12-28(13-8-25)33(34,35)36/h5-10,12-15,17-18,27,30H,2-4,11,16,19-23H2,1H3,(H,37,40)/t27?,30-/m0/s1. The molecule has 230 valence electrons. The summed E-state index contributed by atoms with van der Waals surface area (Å²) in [4.78, 5) is 18.0. The van der Waals surface area contributed by atoms with Gasteiger partial charge in [0.05, 0.1) is 16.2 Å². The quantitative estimate of drug-likeness (QED) is 0.308. The van der Waals surface area contributed by atoms with Gasteiger partial charge in [0, 0.05) is 42.8 Å². The van der Waals surface area contributed by atoms with Crippen LogP contribution in [0.1, 0.15) is 65.6 Å². The fourth-order valence-electron chi connectivity index (χ4n) is 6.08. The van der Waals surface area contributed by atoms with Crippen LogP contribution in [0.3, 0.4) is 0 Å². The van der Waals surface area contributed by atoms with Crippen LogP contribution < -0.4 is 10.2 Å². The maximum atomic E-state index is 13.1. The Hall–Kier alpha value is -3.37. The average Bonchev–Trinajstić information content (AvgIpc) is 3.53. The van der Waals surface area contributed by atoms with Crippen LogP contribution in [-0.4, -0.2) is 57.2 Å². The Morgan fingerprint density at radius 3 is 2.16 bits per heavy atom. The predicted molar refractivity (Wildman–Crippen MR) is 162 cm³/mol. The molecule has 0 bridgehead atoms. The molecular weight excluding hydrogens is 575 g/mol. The maximum absolute atomic E-state index is 13.1. The van der Waals surface area contributed by atoms with E-state index in [4.69, 9.17) is 0 Å². The Morgan fingerprint density at radius 2 is 1.56 bits per heavy atom. The molecule has 1 unspecified atom stereocenters. The number of rotatable bonds is 9. The third-order valence-electron chi connectivity index (χ3n) is 8.66. The number of piperidine rings is 1. The van der Waals surface area contributed by atoms with Gasteiger partial charge < -0.3 is 15.1 Å². The molecule has 2 aliphatic heterocycles. The second-order valence-electron chi connectivity index (χ2n) is 11.5. The highest BCUT2D eigenvalue weighted by Gasteiger charge is 2.33. The van der Waals surface area contributed by atoms with E-state index in [2.05, 4.69) is 15.1 Å². The van der Waals surface area contributed by atoms with Crippen molar-refractivity contribution in [3.8, 4) is 0 Å². The Bertz CT molecular complexity index is 1490. The third kappa shape index (κ3) is 7.59. The van der Waals surface area contributed by atoms with Crippen molar-refractivity contribution >= 4 is 21.4 Å². The summed E-state index contributed by atoms with van der Waals surface area (Å²) in [7, 11) is -3.28. The van der Waals surface area contributed by atoms with E-state index >= 15 is 0 Å². The van der Waals surface area contributed by atoms with E-state index in [1.807, 2.05) is 12.1 Å². The van der Waals surface area contributed by atoms with Crippen molar-refractivity contribution in [3.63, 3.8) is 0 Å². The van der Waals surface area contributed by atoms with Gasteiger partial charge in [0.15, 0.2) is 9.84 Å². The Labute approximate surface area is 251 Å². The molecule has 2 fully saturated rings. The van der Waals surface area contributed by atoms with Gasteiger partial charge in [-0.3, -0.25) is 4.79 Å². The average molecular weight is 614 g/mol. The van der Waals surface area contributed by atoms with Gasteiger partial charge in [0.25, 0.3) is 5.91 Å². The molecule has 0 saturated carbocycles. The van der Waals surface area contributed by atoms with Gasteiger partial charge in [-0.1, -0.05) is 31.2 Å². The highest BCUT2D eigenvalue weighted by Crippen LogP contribution is 2.36. The molecule has 0 spiro atoms. The Balaban J connectivity index is 1.27. The molecule has 5 rings (SSSR count). The minimum Gasteiger partial charge on any atom is -0.367 e. The van der Waals surface area contributed by atoms with Gasteiger partial charge in [0.1, 0.15) is 0 Å². The van der Waals surface area contributed by atoms with Gasteiger partial charge in [-0.25, -0.2) is 8.42 Å². The van der Waals surface area contributed by atoms with Gasteiger partial charge in [-0.2, -0.15) is 13.2 Å². The number of hydrogen-bond acceptors (Lipinski definition) is 5. The van der Waals surface area contributed by atoms with E-state index in [1.54, 1.807) is 55.5 Å². The molecule has 2 saturated heterocycles. The van der Waals surface area contributed by atoms with Gasteiger partial charge in [0.2, 0.25) is 0 Å². The lowest BCUT2D eigenvalue weighted by molar-refractivity contribution is -0.137. The molecule has 2 aliphatic rings. The smallest absolute Gasteiger partial charge is 0.367 e. The van der Waals surface area contributed by atoms with Crippen LogP contribution in [0, 0.1) is 0 Å². The maximum Gasteiger partial charge on any atom is 0.416 e. The summed E-state index contributed by atoms with van der Waals surface area (Å²) in [6.07, 6.45) is -0.108. The molecule has 43 heavy (non-hydrogen) atoms. The number of sulfone groups is 1. The van der Waals surface area contributed by atoms with Crippen LogP contribution in [-0.2, 0) is 22.6 Å². The number of hydrogen-bond donors (Lipinski definition) is 1. The Kier molecular flexibility index (Phi) is 9.46. The normalized spacial score (nSPS) is 19.9. The number of halogens is 3. The van der Waals surface area contributed by atoms with E-state index in [1.165, 1.54) is 25.0 Å². The van der Waals surface area contributed by atoms with Crippen LogP contribution in [0.5, 0.6) is 0 Å². The van der Waals surface area contributed by atoms with E-state index < -0.39 is 21.6 Å². The lowest BCUT2D eigenvalue weighted by Crippen LogP contribution is -2.48. The first kappa shape index (κ1) is 31.1. The first-order chi connectivity index (χ1) is 20.5. The second-order valence-corrected chi connectivity index (χ2v) is 13.8. The van der Waals surface area contributed by atoms with Crippen molar-refractivity contribution in [1.82, 2.24) is 10.2 Å². The largest absolute Gasteiger partial charge is 0.416 e. The van der Waals surface area contributed by atoms with Crippen LogP contribution in [0.2, 0.25) is 0 Å². The van der Waals surface area contributed by atoms with E-state index in [0.717, 1.165) is 49.3 Å². The first-order valence-corrected chi connectivity index (χ1v) is 16.5. The zero-order chi connectivity index (χ0) is 30.6. The molecule has 1 N–H and O–H groups in total. The van der Waals surface area contributed by atoms with Crippen molar-refractivity contribution < 1.29 is 26.4 Å². The number of benzene rings is 3. The number of likely N-dealkylation sites (tertiary alicyclic amines) is 1. The molecule has 3 aromatic rings. The van der Waals surface area contributed by atoms with Crippen LogP contribution in [0.25, 0.3) is 0 Å².